The lowest BCUT2D eigenvalue weighted by Crippen LogP contribution is -2.14. The van der Waals surface area contributed by atoms with Crippen molar-refractivity contribution in [1.29, 1.82) is 0 Å². The zero-order valence-corrected chi connectivity index (χ0v) is 11.6. The SMILES string of the molecule is CCc1ccccc1C(=O)Nc1ccc(Br)cn1. The molecule has 2 aromatic rings. The van der Waals surface area contributed by atoms with Crippen LogP contribution in [0.5, 0.6) is 0 Å². The minimum atomic E-state index is -0.123. The topological polar surface area (TPSA) is 42.0 Å². The first-order chi connectivity index (χ1) is 8.70. The third-order valence-corrected chi connectivity index (χ3v) is 3.08. The van der Waals surface area contributed by atoms with Gasteiger partial charge in [0.1, 0.15) is 5.82 Å². The quantitative estimate of drug-likeness (QED) is 0.940. The van der Waals surface area contributed by atoms with Crippen LogP contribution in [0.2, 0.25) is 0 Å². The van der Waals surface area contributed by atoms with E-state index in [4.69, 9.17) is 0 Å². The van der Waals surface area contributed by atoms with E-state index >= 15 is 0 Å². The number of aromatic nitrogens is 1. The van der Waals surface area contributed by atoms with Crippen LogP contribution >= 0.6 is 15.9 Å². The number of anilines is 1. The summed E-state index contributed by atoms with van der Waals surface area (Å²) in [6, 6.07) is 11.2. The molecule has 18 heavy (non-hydrogen) atoms. The van der Waals surface area contributed by atoms with Gasteiger partial charge >= 0.3 is 0 Å². The molecule has 1 aromatic heterocycles. The Morgan fingerprint density at radius 1 is 1.28 bits per heavy atom. The van der Waals surface area contributed by atoms with Crippen molar-refractivity contribution in [3.63, 3.8) is 0 Å². The molecular weight excluding hydrogens is 292 g/mol. The highest BCUT2D eigenvalue weighted by Gasteiger charge is 2.10. The Balaban J connectivity index is 2.19. The molecule has 1 heterocycles. The third-order valence-electron chi connectivity index (χ3n) is 2.61. The summed E-state index contributed by atoms with van der Waals surface area (Å²) in [6.07, 6.45) is 2.48. The maximum Gasteiger partial charge on any atom is 0.257 e. The number of hydrogen-bond acceptors (Lipinski definition) is 2. The van der Waals surface area contributed by atoms with Crippen LogP contribution in [-0.4, -0.2) is 10.9 Å². The Kier molecular flexibility index (Phi) is 4.10. The largest absolute Gasteiger partial charge is 0.307 e. The Morgan fingerprint density at radius 3 is 2.72 bits per heavy atom. The number of hydrogen-bond donors (Lipinski definition) is 1. The predicted molar refractivity (Wildman–Crippen MR) is 75.7 cm³/mol. The van der Waals surface area contributed by atoms with Crippen LogP contribution < -0.4 is 5.32 Å². The average Bonchev–Trinajstić information content (AvgIpc) is 2.41. The number of carbonyl (C=O) groups excluding carboxylic acids is 1. The average molecular weight is 305 g/mol. The maximum absolute atomic E-state index is 12.1. The molecule has 1 N–H and O–H groups in total. The van der Waals surface area contributed by atoms with Gasteiger partial charge in [-0.25, -0.2) is 4.98 Å². The minimum absolute atomic E-state index is 0.123. The molecule has 1 amide bonds. The van der Waals surface area contributed by atoms with Gasteiger partial charge in [0.25, 0.3) is 5.91 Å². The van der Waals surface area contributed by atoms with Gasteiger partial charge in [-0.2, -0.15) is 0 Å². The van der Waals surface area contributed by atoms with E-state index in [-0.39, 0.29) is 5.91 Å². The van der Waals surface area contributed by atoms with E-state index in [0.29, 0.717) is 11.4 Å². The molecule has 0 bridgehead atoms. The number of pyridine rings is 1. The predicted octanol–water partition coefficient (Wildman–Crippen LogP) is 3.66. The van der Waals surface area contributed by atoms with E-state index in [1.807, 2.05) is 37.3 Å². The Bertz CT molecular complexity index is 552. The van der Waals surface area contributed by atoms with Crippen molar-refractivity contribution in [2.24, 2.45) is 0 Å². The standard InChI is InChI=1S/C14H13BrN2O/c1-2-10-5-3-4-6-12(10)14(18)17-13-8-7-11(15)9-16-13/h3-9H,2H2,1H3,(H,16,17,18). The normalized spacial score (nSPS) is 10.1. The third kappa shape index (κ3) is 2.96. The smallest absolute Gasteiger partial charge is 0.257 e. The lowest BCUT2D eigenvalue weighted by atomic mass is 10.0. The van der Waals surface area contributed by atoms with Crippen molar-refractivity contribution >= 4 is 27.7 Å². The van der Waals surface area contributed by atoms with Crippen LogP contribution in [0.25, 0.3) is 0 Å². The fraction of sp³-hybridized carbons (Fsp3) is 0.143. The first-order valence-electron chi connectivity index (χ1n) is 5.71. The minimum Gasteiger partial charge on any atom is -0.307 e. The number of aryl methyl sites for hydroxylation is 1. The molecule has 0 spiro atoms. The van der Waals surface area contributed by atoms with Crippen molar-refractivity contribution in [2.45, 2.75) is 13.3 Å². The summed E-state index contributed by atoms with van der Waals surface area (Å²) >= 11 is 3.30. The molecular formula is C14H13BrN2O. The molecule has 4 heteroatoms. The summed E-state index contributed by atoms with van der Waals surface area (Å²) in [4.78, 5) is 16.2. The monoisotopic (exact) mass is 304 g/mol. The van der Waals surface area contributed by atoms with Gasteiger partial charge in [-0.05, 0) is 46.1 Å². The van der Waals surface area contributed by atoms with Gasteiger partial charge in [0.05, 0.1) is 0 Å². The van der Waals surface area contributed by atoms with Crippen LogP contribution in [-0.2, 0) is 6.42 Å². The lowest BCUT2D eigenvalue weighted by Gasteiger charge is -2.08. The van der Waals surface area contributed by atoms with Crippen LogP contribution in [0.3, 0.4) is 0 Å². The Morgan fingerprint density at radius 2 is 2.06 bits per heavy atom. The highest BCUT2D eigenvalue weighted by atomic mass is 79.9. The molecule has 2 rings (SSSR count). The Labute approximate surface area is 114 Å². The van der Waals surface area contributed by atoms with Gasteiger partial charge in [0.15, 0.2) is 0 Å². The summed E-state index contributed by atoms with van der Waals surface area (Å²) in [5.74, 6) is 0.427. The summed E-state index contributed by atoms with van der Waals surface area (Å²) in [5, 5.41) is 2.79. The van der Waals surface area contributed by atoms with Crippen molar-refractivity contribution in [3.05, 3.63) is 58.2 Å². The molecule has 1 aromatic carbocycles. The number of nitrogens with one attached hydrogen (secondary N) is 1. The highest BCUT2D eigenvalue weighted by molar-refractivity contribution is 9.10. The number of amides is 1. The second kappa shape index (κ2) is 5.78. The Hall–Kier alpha value is -1.68. The fourth-order valence-electron chi connectivity index (χ4n) is 1.68. The van der Waals surface area contributed by atoms with E-state index in [1.165, 1.54) is 0 Å². The van der Waals surface area contributed by atoms with Gasteiger partial charge in [-0.3, -0.25) is 4.79 Å². The first kappa shape index (κ1) is 12.8. The first-order valence-corrected chi connectivity index (χ1v) is 6.51. The zero-order valence-electron chi connectivity index (χ0n) is 9.98. The molecule has 0 aliphatic rings. The maximum atomic E-state index is 12.1. The highest BCUT2D eigenvalue weighted by Crippen LogP contribution is 2.14. The molecule has 0 aliphatic heterocycles. The molecule has 0 radical (unpaired) electrons. The lowest BCUT2D eigenvalue weighted by molar-refractivity contribution is 0.102. The van der Waals surface area contributed by atoms with Crippen molar-refractivity contribution in [1.82, 2.24) is 4.98 Å². The van der Waals surface area contributed by atoms with E-state index < -0.39 is 0 Å². The van der Waals surface area contributed by atoms with Gasteiger partial charge in [0.2, 0.25) is 0 Å². The second-order valence-electron chi connectivity index (χ2n) is 3.83. The van der Waals surface area contributed by atoms with E-state index in [1.54, 1.807) is 12.3 Å². The molecule has 0 saturated heterocycles. The zero-order chi connectivity index (χ0) is 13.0. The van der Waals surface area contributed by atoms with Gasteiger partial charge in [-0.1, -0.05) is 25.1 Å². The van der Waals surface area contributed by atoms with Gasteiger partial charge < -0.3 is 5.32 Å². The van der Waals surface area contributed by atoms with Crippen LogP contribution in [0, 0.1) is 0 Å². The molecule has 0 aliphatic carbocycles. The van der Waals surface area contributed by atoms with E-state index in [2.05, 4.69) is 26.2 Å². The second-order valence-corrected chi connectivity index (χ2v) is 4.74. The molecule has 92 valence electrons. The van der Waals surface area contributed by atoms with Crippen LogP contribution in [0.1, 0.15) is 22.8 Å². The molecule has 0 unspecified atom stereocenters. The number of halogens is 1. The van der Waals surface area contributed by atoms with Gasteiger partial charge in [-0.15, -0.1) is 0 Å². The summed E-state index contributed by atoms with van der Waals surface area (Å²) in [6.45, 7) is 2.03. The van der Waals surface area contributed by atoms with Crippen molar-refractivity contribution < 1.29 is 4.79 Å². The number of carbonyl (C=O) groups is 1. The molecule has 0 saturated carbocycles. The summed E-state index contributed by atoms with van der Waals surface area (Å²) in [5.41, 5.74) is 1.73. The summed E-state index contributed by atoms with van der Waals surface area (Å²) < 4.78 is 0.884. The van der Waals surface area contributed by atoms with Crippen molar-refractivity contribution in [2.75, 3.05) is 5.32 Å². The number of benzene rings is 1. The van der Waals surface area contributed by atoms with Crippen LogP contribution in [0.15, 0.2) is 47.1 Å². The van der Waals surface area contributed by atoms with E-state index in [9.17, 15) is 4.79 Å². The van der Waals surface area contributed by atoms with E-state index in [0.717, 1.165) is 16.5 Å². The number of rotatable bonds is 3. The number of nitrogens with zero attached hydrogens (tertiary/aromatic N) is 1. The molecule has 0 atom stereocenters. The van der Waals surface area contributed by atoms with Gasteiger partial charge in [0, 0.05) is 16.2 Å². The summed E-state index contributed by atoms with van der Waals surface area (Å²) in [7, 11) is 0. The van der Waals surface area contributed by atoms with Crippen molar-refractivity contribution in [3.8, 4) is 0 Å². The van der Waals surface area contributed by atoms with Crippen LogP contribution in [0.4, 0.5) is 5.82 Å². The molecule has 0 fully saturated rings. The molecule has 3 nitrogen and oxygen atoms in total. The fourth-order valence-corrected chi connectivity index (χ4v) is 1.92.